The quantitative estimate of drug-likeness (QED) is 0.424. The Morgan fingerprint density at radius 1 is 0.970 bits per heavy atom. The number of methoxy groups -OCH3 is 1. The van der Waals surface area contributed by atoms with Gasteiger partial charge in [0.2, 0.25) is 5.84 Å². The summed E-state index contributed by atoms with van der Waals surface area (Å²) in [6.07, 6.45) is 1.57. The van der Waals surface area contributed by atoms with Gasteiger partial charge in [-0.05, 0) is 49.4 Å². The molecule has 3 aromatic carbocycles. The lowest BCUT2D eigenvalue weighted by molar-refractivity contribution is -0.135. The Morgan fingerprint density at radius 3 is 2.42 bits per heavy atom. The van der Waals surface area contributed by atoms with Crippen LogP contribution in [0, 0.1) is 0 Å². The highest BCUT2D eigenvalue weighted by Crippen LogP contribution is 2.41. The zero-order chi connectivity index (χ0) is 22.8. The second kappa shape index (κ2) is 8.70. The number of benzene rings is 3. The van der Waals surface area contributed by atoms with E-state index in [1.54, 1.807) is 14.0 Å². The van der Waals surface area contributed by atoms with Crippen molar-refractivity contribution in [3.8, 4) is 5.75 Å². The molecule has 1 aliphatic rings. The molecule has 2 heterocycles. The molecule has 0 unspecified atom stereocenters. The van der Waals surface area contributed by atoms with Gasteiger partial charge in [-0.3, -0.25) is 4.90 Å². The third-order valence-corrected chi connectivity index (χ3v) is 5.64. The maximum atomic E-state index is 13.1. The number of carbonyl (C=O) groups excluding carboxylic acids is 1. The number of nitrogens with zero attached hydrogens (tertiary/aromatic N) is 3. The Labute approximate surface area is 191 Å². The van der Waals surface area contributed by atoms with Crippen LogP contribution in [0.3, 0.4) is 0 Å². The van der Waals surface area contributed by atoms with Gasteiger partial charge in [0, 0.05) is 28.4 Å². The van der Waals surface area contributed by atoms with Crippen LogP contribution in [-0.2, 0) is 9.53 Å². The first-order valence-corrected chi connectivity index (χ1v) is 10.8. The number of para-hydroxylation sites is 2. The predicted molar refractivity (Wildman–Crippen MR) is 130 cm³/mol. The highest BCUT2D eigenvalue weighted by Gasteiger charge is 2.42. The highest BCUT2D eigenvalue weighted by atomic mass is 16.5. The van der Waals surface area contributed by atoms with Crippen molar-refractivity contribution in [2.24, 2.45) is 5.10 Å². The van der Waals surface area contributed by atoms with Crippen molar-refractivity contribution in [1.29, 1.82) is 0 Å². The molecule has 1 aromatic heterocycles. The topological polar surface area (TPSA) is 70.2 Å². The number of rotatable bonds is 6. The molecule has 1 aliphatic heterocycles. The molecule has 0 saturated heterocycles. The maximum Gasteiger partial charge on any atom is 0.376 e. The van der Waals surface area contributed by atoms with E-state index in [0.717, 1.165) is 33.6 Å². The monoisotopic (exact) mass is 440 g/mol. The number of fused-ring (bicyclic) bond motifs is 1. The molecule has 0 bridgehead atoms. The summed E-state index contributed by atoms with van der Waals surface area (Å²) in [7, 11) is 1.63. The van der Waals surface area contributed by atoms with Crippen LogP contribution in [0.4, 0.5) is 11.4 Å². The standard InChI is InChI=1S/C26H24N4O3/c1-3-33-26(31)24-28-30(19-9-5-4-6-10-19)25(22-17-27-23-12-8-7-11-21(22)23)29(24)18-13-15-20(32-2)16-14-18/h4-17,25,27H,3H2,1-2H3/t25-/m0/s1. The Balaban J connectivity index is 1.71. The second-order valence-corrected chi connectivity index (χ2v) is 7.56. The van der Waals surface area contributed by atoms with Gasteiger partial charge in [0.15, 0.2) is 6.17 Å². The average molecular weight is 441 g/mol. The van der Waals surface area contributed by atoms with Gasteiger partial charge in [0.1, 0.15) is 5.75 Å². The van der Waals surface area contributed by atoms with E-state index in [-0.39, 0.29) is 12.4 Å². The Kier molecular flexibility index (Phi) is 5.44. The molecule has 0 amide bonds. The van der Waals surface area contributed by atoms with E-state index in [2.05, 4.69) is 11.1 Å². The van der Waals surface area contributed by atoms with Gasteiger partial charge in [-0.2, -0.15) is 0 Å². The van der Waals surface area contributed by atoms with Gasteiger partial charge >= 0.3 is 5.97 Å². The summed E-state index contributed by atoms with van der Waals surface area (Å²) in [6, 6.07) is 25.5. The van der Waals surface area contributed by atoms with Crippen LogP contribution in [0.25, 0.3) is 10.9 Å². The smallest absolute Gasteiger partial charge is 0.376 e. The number of ether oxygens (including phenoxy) is 2. The van der Waals surface area contributed by atoms with Crippen LogP contribution in [-0.4, -0.2) is 30.5 Å². The molecular weight excluding hydrogens is 416 g/mol. The Bertz CT molecular complexity index is 1300. The number of amidine groups is 1. The first-order valence-electron chi connectivity index (χ1n) is 10.8. The van der Waals surface area contributed by atoms with Gasteiger partial charge in [-0.25, -0.2) is 9.80 Å². The summed E-state index contributed by atoms with van der Waals surface area (Å²) in [5, 5.41) is 7.70. The lowest BCUT2D eigenvalue weighted by Gasteiger charge is -2.31. The number of H-pyrrole nitrogens is 1. The molecule has 5 rings (SSSR count). The molecule has 166 valence electrons. The summed E-state index contributed by atoms with van der Waals surface area (Å²) < 4.78 is 10.7. The fourth-order valence-electron chi connectivity index (χ4n) is 4.13. The van der Waals surface area contributed by atoms with Gasteiger partial charge in [-0.1, -0.05) is 36.4 Å². The molecular formula is C26H24N4O3. The van der Waals surface area contributed by atoms with Gasteiger partial charge in [0.05, 0.1) is 19.4 Å². The molecule has 4 aromatic rings. The zero-order valence-corrected chi connectivity index (χ0v) is 18.4. The molecule has 1 N–H and O–H groups in total. The van der Waals surface area contributed by atoms with Gasteiger partial charge in [-0.15, -0.1) is 5.10 Å². The van der Waals surface area contributed by atoms with Crippen LogP contribution in [0.1, 0.15) is 18.7 Å². The second-order valence-electron chi connectivity index (χ2n) is 7.56. The van der Waals surface area contributed by atoms with Crippen LogP contribution in [0.2, 0.25) is 0 Å². The largest absolute Gasteiger partial charge is 0.497 e. The summed E-state index contributed by atoms with van der Waals surface area (Å²) in [4.78, 5) is 18.3. The summed E-state index contributed by atoms with van der Waals surface area (Å²) in [6.45, 7) is 2.05. The van der Waals surface area contributed by atoms with Crippen LogP contribution in [0.15, 0.2) is 90.2 Å². The van der Waals surface area contributed by atoms with Crippen molar-refractivity contribution in [2.75, 3.05) is 23.6 Å². The number of aromatic amines is 1. The van der Waals surface area contributed by atoms with E-state index in [9.17, 15) is 4.79 Å². The maximum absolute atomic E-state index is 13.1. The molecule has 0 aliphatic carbocycles. The van der Waals surface area contributed by atoms with Gasteiger partial charge in [0.25, 0.3) is 0 Å². The lowest BCUT2D eigenvalue weighted by atomic mass is 10.1. The summed E-state index contributed by atoms with van der Waals surface area (Å²) >= 11 is 0. The summed E-state index contributed by atoms with van der Waals surface area (Å²) in [5.41, 5.74) is 3.68. The van der Waals surface area contributed by atoms with Crippen molar-refractivity contribution < 1.29 is 14.3 Å². The number of hydrogen-bond acceptors (Lipinski definition) is 6. The van der Waals surface area contributed by atoms with E-state index < -0.39 is 12.1 Å². The van der Waals surface area contributed by atoms with Gasteiger partial charge < -0.3 is 14.5 Å². The number of nitrogens with one attached hydrogen (secondary N) is 1. The van der Waals surface area contributed by atoms with E-state index >= 15 is 0 Å². The van der Waals surface area contributed by atoms with Crippen molar-refractivity contribution >= 4 is 34.1 Å². The third kappa shape index (κ3) is 3.67. The lowest BCUT2D eigenvalue weighted by Crippen LogP contribution is -2.39. The number of hydrogen-bond donors (Lipinski definition) is 1. The van der Waals surface area contributed by atoms with E-state index in [1.807, 2.05) is 88.9 Å². The fourth-order valence-corrected chi connectivity index (χ4v) is 4.13. The number of esters is 1. The van der Waals surface area contributed by atoms with E-state index in [1.165, 1.54) is 0 Å². The molecule has 0 radical (unpaired) electrons. The third-order valence-electron chi connectivity index (χ3n) is 5.64. The summed E-state index contributed by atoms with van der Waals surface area (Å²) in [5.74, 6) is 0.480. The minimum atomic E-state index is -0.475. The molecule has 0 fully saturated rings. The predicted octanol–water partition coefficient (Wildman–Crippen LogP) is 5.08. The van der Waals surface area contributed by atoms with Crippen molar-refractivity contribution in [1.82, 2.24) is 4.98 Å². The number of hydrazone groups is 1. The number of aromatic nitrogens is 1. The van der Waals surface area contributed by atoms with Crippen molar-refractivity contribution in [2.45, 2.75) is 13.1 Å². The van der Waals surface area contributed by atoms with E-state index in [4.69, 9.17) is 14.6 Å². The molecule has 0 spiro atoms. The normalized spacial score (nSPS) is 15.6. The van der Waals surface area contributed by atoms with Crippen molar-refractivity contribution in [3.05, 3.63) is 90.6 Å². The van der Waals surface area contributed by atoms with Crippen molar-refractivity contribution in [3.63, 3.8) is 0 Å². The first-order chi connectivity index (χ1) is 16.2. The Morgan fingerprint density at radius 2 is 1.70 bits per heavy atom. The first kappa shape index (κ1) is 20.6. The SMILES string of the molecule is CCOC(=O)C1=NN(c2ccccc2)[C@@H](c2c[nH]c3ccccc23)N1c1ccc(OC)cc1. The molecule has 1 atom stereocenters. The minimum Gasteiger partial charge on any atom is -0.497 e. The van der Waals surface area contributed by atoms with Crippen LogP contribution >= 0.6 is 0 Å². The Hall–Kier alpha value is -4.26. The molecule has 7 nitrogen and oxygen atoms in total. The molecule has 7 heteroatoms. The number of carbonyl (C=O) groups is 1. The van der Waals surface area contributed by atoms with Crippen LogP contribution < -0.4 is 14.6 Å². The highest BCUT2D eigenvalue weighted by molar-refractivity contribution is 6.42. The number of anilines is 2. The average Bonchev–Trinajstić information content (AvgIpc) is 3.46. The fraction of sp³-hybridized carbons (Fsp3) is 0.154. The molecule has 0 saturated carbocycles. The van der Waals surface area contributed by atoms with E-state index in [0.29, 0.717) is 0 Å². The zero-order valence-electron chi connectivity index (χ0n) is 18.4. The molecule has 33 heavy (non-hydrogen) atoms. The minimum absolute atomic E-state index is 0.223. The van der Waals surface area contributed by atoms with Crippen LogP contribution in [0.5, 0.6) is 5.75 Å².